The van der Waals surface area contributed by atoms with Crippen LogP contribution in [0.5, 0.6) is 17.2 Å². The van der Waals surface area contributed by atoms with E-state index >= 15 is 0 Å². The molecule has 1 atom stereocenters. The number of halogens is 2. The molecule has 9 heteroatoms. The maximum atomic E-state index is 13.3. The van der Waals surface area contributed by atoms with Crippen molar-refractivity contribution >= 4 is 46.6 Å². The number of carbonyl (C=O) groups excluding carboxylic acids is 3. The Labute approximate surface area is 204 Å². The lowest BCUT2D eigenvalue weighted by atomic mass is 9.71. The minimum absolute atomic E-state index is 0.0618. The van der Waals surface area contributed by atoms with Crippen molar-refractivity contribution in [1.82, 2.24) is 0 Å². The Bertz CT molecular complexity index is 1390. The van der Waals surface area contributed by atoms with Crippen molar-refractivity contribution in [3.05, 3.63) is 79.7 Å². The van der Waals surface area contributed by atoms with E-state index in [1.807, 2.05) is 0 Å². The standard InChI is InChI=1S/C25H18Cl2O7/c1-10-21(31)19(15(29)8-7-12-13(26)5-4-6-14(12)27)23-20(22(10)32)25(3)17(34-23)9-16(30)18(11(2)28)24(25)33/h4-9,30-32H,1-3H3/b8-7+/t25-/m1/s1. The van der Waals surface area contributed by atoms with E-state index in [2.05, 4.69) is 0 Å². The number of phenols is 2. The first kappa shape index (κ1) is 23.6. The number of ether oxygens (including phenoxy) is 1. The van der Waals surface area contributed by atoms with Gasteiger partial charge in [0, 0.05) is 27.2 Å². The number of phenolic OH excluding ortho intramolecular Hbond substituents is 2. The number of hydrogen-bond donors (Lipinski definition) is 3. The molecule has 2 aromatic rings. The molecule has 0 saturated heterocycles. The zero-order chi connectivity index (χ0) is 25.1. The van der Waals surface area contributed by atoms with E-state index in [0.717, 1.165) is 19.1 Å². The Morgan fingerprint density at radius 2 is 1.71 bits per heavy atom. The second-order valence-corrected chi connectivity index (χ2v) is 8.93. The summed E-state index contributed by atoms with van der Waals surface area (Å²) in [7, 11) is 0. The second kappa shape index (κ2) is 8.04. The quantitative estimate of drug-likeness (QED) is 0.302. The Balaban J connectivity index is 1.91. The summed E-state index contributed by atoms with van der Waals surface area (Å²) in [6.45, 7) is 3.91. The highest BCUT2D eigenvalue weighted by Crippen LogP contribution is 2.57. The van der Waals surface area contributed by atoms with Crippen LogP contribution in [0.3, 0.4) is 0 Å². The molecule has 174 valence electrons. The molecule has 7 nitrogen and oxygen atoms in total. The van der Waals surface area contributed by atoms with Gasteiger partial charge in [-0.15, -0.1) is 0 Å². The third kappa shape index (κ3) is 3.23. The van der Waals surface area contributed by atoms with Gasteiger partial charge in [0.15, 0.2) is 17.3 Å². The maximum Gasteiger partial charge on any atom is 0.193 e. The van der Waals surface area contributed by atoms with Crippen molar-refractivity contribution in [2.75, 3.05) is 0 Å². The van der Waals surface area contributed by atoms with E-state index in [1.54, 1.807) is 18.2 Å². The molecule has 0 amide bonds. The van der Waals surface area contributed by atoms with E-state index in [4.69, 9.17) is 27.9 Å². The summed E-state index contributed by atoms with van der Waals surface area (Å²) in [6.07, 6.45) is 3.59. The highest BCUT2D eigenvalue weighted by molar-refractivity contribution is 6.37. The summed E-state index contributed by atoms with van der Waals surface area (Å²) in [5, 5.41) is 32.4. The molecule has 1 aliphatic carbocycles. The Kier molecular flexibility index (Phi) is 5.58. The normalized spacial score (nSPS) is 19.1. The number of ketones is 3. The smallest absolute Gasteiger partial charge is 0.193 e. The summed E-state index contributed by atoms with van der Waals surface area (Å²) < 4.78 is 5.76. The van der Waals surface area contributed by atoms with Crippen molar-refractivity contribution < 1.29 is 34.4 Å². The number of fused-ring (bicyclic) bond motifs is 3. The van der Waals surface area contributed by atoms with Crippen LogP contribution in [0.2, 0.25) is 10.0 Å². The molecule has 0 fully saturated rings. The molecule has 3 N–H and O–H groups in total. The number of benzene rings is 2. The number of hydrogen-bond acceptors (Lipinski definition) is 7. The lowest BCUT2D eigenvalue weighted by molar-refractivity contribution is -0.123. The van der Waals surface area contributed by atoms with Crippen molar-refractivity contribution in [1.29, 1.82) is 0 Å². The van der Waals surface area contributed by atoms with E-state index in [1.165, 1.54) is 19.9 Å². The Morgan fingerprint density at radius 3 is 2.29 bits per heavy atom. The van der Waals surface area contributed by atoms with Crippen LogP contribution in [0.4, 0.5) is 0 Å². The number of aromatic hydroxyl groups is 2. The molecule has 0 radical (unpaired) electrons. The SMILES string of the molecule is CC(=O)C1=C(O)C=C2Oc3c(C(=O)/C=C/c4c(Cl)cccc4Cl)c(O)c(C)c(O)c3[C@]2(C)C1=O. The summed E-state index contributed by atoms with van der Waals surface area (Å²) >= 11 is 12.3. The topological polar surface area (TPSA) is 121 Å². The van der Waals surface area contributed by atoms with Gasteiger partial charge in [0.2, 0.25) is 0 Å². The molecule has 1 aliphatic heterocycles. The third-order valence-electron chi connectivity index (χ3n) is 6.05. The van der Waals surface area contributed by atoms with Crippen LogP contribution in [0.15, 0.2) is 47.4 Å². The van der Waals surface area contributed by atoms with Crippen LogP contribution < -0.4 is 4.74 Å². The molecule has 2 aliphatic rings. The van der Waals surface area contributed by atoms with Crippen LogP contribution in [-0.2, 0) is 15.0 Å². The van der Waals surface area contributed by atoms with Crippen molar-refractivity contribution in [2.24, 2.45) is 0 Å². The number of aliphatic hydroxyl groups excluding tert-OH is 1. The Morgan fingerprint density at radius 1 is 1.09 bits per heavy atom. The van der Waals surface area contributed by atoms with Gasteiger partial charge in [0.1, 0.15) is 45.3 Å². The highest BCUT2D eigenvalue weighted by Gasteiger charge is 2.55. The van der Waals surface area contributed by atoms with Crippen LogP contribution in [0.25, 0.3) is 6.08 Å². The average molecular weight is 501 g/mol. The van der Waals surface area contributed by atoms with Crippen LogP contribution >= 0.6 is 23.2 Å². The van der Waals surface area contributed by atoms with Crippen LogP contribution in [-0.4, -0.2) is 32.7 Å². The lowest BCUT2D eigenvalue weighted by Crippen LogP contribution is -2.38. The fourth-order valence-electron chi connectivity index (χ4n) is 4.17. The second-order valence-electron chi connectivity index (χ2n) is 8.12. The van der Waals surface area contributed by atoms with Gasteiger partial charge in [-0.1, -0.05) is 29.3 Å². The molecule has 2 aromatic carbocycles. The Hall–Kier alpha value is -3.55. The first-order chi connectivity index (χ1) is 15.9. The van der Waals surface area contributed by atoms with Gasteiger partial charge in [0.05, 0.1) is 5.56 Å². The van der Waals surface area contributed by atoms with Gasteiger partial charge in [-0.3, -0.25) is 14.4 Å². The molecule has 0 bridgehead atoms. The summed E-state index contributed by atoms with van der Waals surface area (Å²) in [5.74, 6) is -4.13. The predicted octanol–water partition coefficient (Wildman–Crippen LogP) is 5.13. The molecular formula is C25H18Cl2O7. The summed E-state index contributed by atoms with van der Waals surface area (Å²) in [4.78, 5) is 38.5. The monoisotopic (exact) mass is 500 g/mol. The third-order valence-corrected chi connectivity index (χ3v) is 6.71. The molecular weight excluding hydrogens is 483 g/mol. The molecule has 0 unspecified atom stereocenters. The van der Waals surface area contributed by atoms with Crippen molar-refractivity contribution in [3.63, 3.8) is 0 Å². The first-order valence-corrected chi connectivity index (χ1v) is 10.8. The van der Waals surface area contributed by atoms with E-state index < -0.39 is 45.6 Å². The number of allylic oxidation sites excluding steroid dienone is 4. The number of Topliss-reactive ketones (excluding diaryl/α,β-unsaturated/α-hetero) is 2. The minimum atomic E-state index is -1.70. The van der Waals surface area contributed by atoms with Crippen LogP contribution in [0.1, 0.15) is 40.9 Å². The molecule has 34 heavy (non-hydrogen) atoms. The van der Waals surface area contributed by atoms with Gasteiger partial charge in [-0.05, 0) is 45.1 Å². The predicted molar refractivity (Wildman–Crippen MR) is 126 cm³/mol. The lowest BCUT2D eigenvalue weighted by Gasteiger charge is -2.28. The fraction of sp³-hybridized carbons (Fsp3) is 0.160. The number of carbonyl (C=O) groups is 3. The molecule has 1 heterocycles. The molecule has 0 aromatic heterocycles. The van der Waals surface area contributed by atoms with E-state index in [0.29, 0.717) is 15.6 Å². The van der Waals surface area contributed by atoms with E-state index in [-0.39, 0.29) is 28.2 Å². The van der Waals surface area contributed by atoms with Crippen molar-refractivity contribution in [2.45, 2.75) is 26.2 Å². The first-order valence-electron chi connectivity index (χ1n) is 10.1. The van der Waals surface area contributed by atoms with Gasteiger partial charge in [0.25, 0.3) is 0 Å². The minimum Gasteiger partial charge on any atom is -0.507 e. The highest BCUT2D eigenvalue weighted by atomic mass is 35.5. The van der Waals surface area contributed by atoms with Crippen LogP contribution in [0, 0.1) is 6.92 Å². The van der Waals surface area contributed by atoms with Crippen molar-refractivity contribution in [3.8, 4) is 17.2 Å². The van der Waals surface area contributed by atoms with Gasteiger partial charge < -0.3 is 20.1 Å². The number of aliphatic hydroxyl groups is 1. The largest absolute Gasteiger partial charge is 0.507 e. The number of rotatable bonds is 4. The summed E-state index contributed by atoms with van der Waals surface area (Å²) in [6, 6.07) is 4.83. The van der Waals surface area contributed by atoms with Gasteiger partial charge in [-0.25, -0.2) is 0 Å². The van der Waals surface area contributed by atoms with E-state index in [9.17, 15) is 29.7 Å². The van der Waals surface area contributed by atoms with Gasteiger partial charge in [-0.2, -0.15) is 0 Å². The maximum absolute atomic E-state index is 13.3. The molecule has 4 rings (SSSR count). The average Bonchev–Trinajstić information content (AvgIpc) is 3.05. The zero-order valence-corrected chi connectivity index (χ0v) is 19.7. The molecule has 0 spiro atoms. The molecule has 0 saturated carbocycles. The summed E-state index contributed by atoms with van der Waals surface area (Å²) in [5.41, 5.74) is -2.22. The van der Waals surface area contributed by atoms with Gasteiger partial charge >= 0.3 is 0 Å². The zero-order valence-electron chi connectivity index (χ0n) is 18.2. The fourth-order valence-corrected chi connectivity index (χ4v) is 4.69.